The Kier molecular flexibility index (Phi) is 5.56. The fourth-order valence-electron chi connectivity index (χ4n) is 2.52. The van der Waals surface area contributed by atoms with Crippen LogP contribution in [0.2, 0.25) is 0 Å². The van der Waals surface area contributed by atoms with E-state index in [1.807, 2.05) is 30.5 Å². The predicted molar refractivity (Wildman–Crippen MR) is 99.1 cm³/mol. The van der Waals surface area contributed by atoms with Gasteiger partial charge in [-0.1, -0.05) is 35.9 Å². The van der Waals surface area contributed by atoms with Crippen LogP contribution in [0.4, 0.5) is 4.39 Å². The second kappa shape index (κ2) is 8.03. The average Bonchev–Trinajstić information content (AvgIpc) is 3.05. The Hall–Kier alpha value is -2.53. The Morgan fingerprint density at radius 1 is 1.20 bits per heavy atom. The molecule has 3 aromatic rings. The van der Waals surface area contributed by atoms with Crippen molar-refractivity contribution in [2.75, 3.05) is 6.54 Å². The van der Waals surface area contributed by atoms with Gasteiger partial charge in [0.25, 0.3) is 0 Å². The topological polar surface area (TPSA) is 42.0 Å². The summed E-state index contributed by atoms with van der Waals surface area (Å²) in [4.78, 5) is 16.6. The number of thiazole rings is 1. The lowest BCUT2D eigenvalue weighted by Gasteiger charge is -2.04. The van der Waals surface area contributed by atoms with Crippen LogP contribution in [0.5, 0.6) is 0 Å². The summed E-state index contributed by atoms with van der Waals surface area (Å²) < 4.78 is 12.9. The van der Waals surface area contributed by atoms with Gasteiger partial charge in [0.05, 0.1) is 12.1 Å². The molecule has 128 valence electrons. The van der Waals surface area contributed by atoms with E-state index in [9.17, 15) is 9.18 Å². The third kappa shape index (κ3) is 4.97. The zero-order chi connectivity index (χ0) is 17.6. The molecule has 1 heterocycles. The van der Waals surface area contributed by atoms with Gasteiger partial charge in [-0.05, 0) is 37.1 Å². The molecule has 0 radical (unpaired) electrons. The van der Waals surface area contributed by atoms with Crippen LogP contribution in [0.15, 0.2) is 53.9 Å². The number of aryl methyl sites for hydroxylation is 1. The monoisotopic (exact) mass is 354 g/mol. The minimum atomic E-state index is -0.249. The van der Waals surface area contributed by atoms with Crippen LogP contribution < -0.4 is 5.32 Å². The Labute approximate surface area is 150 Å². The lowest BCUT2D eigenvalue weighted by molar-refractivity contribution is -0.120. The van der Waals surface area contributed by atoms with Crippen molar-refractivity contribution in [3.05, 3.63) is 76.5 Å². The van der Waals surface area contributed by atoms with Crippen molar-refractivity contribution in [3.8, 4) is 10.6 Å². The van der Waals surface area contributed by atoms with Gasteiger partial charge in [-0.15, -0.1) is 11.3 Å². The fraction of sp³-hybridized carbons (Fsp3) is 0.200. The van der Waals surface area contributed by atoms with E-state index in [0.717, 1.165) is 21.8 Å². The van der Waals surface area contributed by atoms with E-state index in [2.05, 4.69) is 16.4 Å². The molecule has 2 aromatic carbocycles. The van der Waals surface area contributed by atoms with Gasteiger partial charge in [-0.25, -0.2) is 9.37 Å². The molecular formula is C20H19FN2OS. The summed E-state index contributed by atoms with van der Waals surface area (Å²) in [6.07, 6.45) is 0.948. The molecule has 0 fully saturated rings. The zero-order valence-electron chi connectivity index (χ0n) is 14.0. The second-order valence-corrected chi connectivity index (χ2v) is 6.77. The number of nitrogens with one attached hydrogen (secondary N) is 1. The number of hydrogen-bond donors (Lipinski definition) is 1. The minimum absolute atomic E-state index is 0.0526. The Balaban J connectivity index is 1.50. The maximum Gasteiger partial charge on any atom is 0.226 e. The lowest BCUT2D eigenvalue weighted by atomic mass is 10.1. The Morgan fingerprint density at radius 3 is 2.76 bits per heavy atom. The molecule has 1 aromatic heterocycles. The van der Waals surface area contributed by atoms with Gasteiger partial charge in [0.1, 0.15) is 10.8 Å². The number of nitrogens with zero attached hydrogens (tertiary/aromatic N) is 1. The molecule has 0 aliphatic heterocycles. The smallest absolute Gasteiger partial charge is 0.226 e. The predicted octanol–water partition coefficient (Wildman–Crippen LogP) is 4.16. The van der Waals surface area contributed by atoms with Gasteiger partial charge in [-0.2, -0.15) is 0 Å². The van der Waals surface area contributed by atoms with E-state index in [1.165, 1.54) is 17.7 Å². The largest absolute Gasteiger partial charge is 0.355 e. The number of rotatable bonds is 6. The molecule has 0 saturated carbocycles. The van der Waals surface area contributed by atoms with Crippen LogP contribution in [0.3, 0.4) is 0 Å². The number of benzene rings is 2. The van der Waals surface area contributed by atoms with Gasteiger partial charge >= 0.3 is 0 Å². The van der Waals surface area contributed by atoms with Crippen molar-refractivity contribution in [2.45, 2.75) is 19.8 Å². The maximum atomic E-state index is 12.9. The summed E-state index contributed by atoms with van der Waals surface area (Å²) in [5.74, 6) is -0.302. The van der Waals surface area contributed by atoms with Crippen LogP contribution in [0, 0.1) is 12.7 Å². The molecule has 1 amide bonds. The lowest BCUT2D eigenvalue weighted by Crippen LogP contribution is -2.27. The normalized spacial score (nSPS) is 10.6. The molecule has 5 heteroatoms. The number of carbonyl (C=O) groups is 1. The van der Waals surface area contributed by atoms with Crippen molar-refractivity contribution < 1.29 is 9.18 Å². The summed E-state index contributed by atoms with van der Waals surface area (Å²) in [7, 11) is 0. The first-order chi connectivity index (χ1) is 12.1. The first kappa shape index (κ1) is 17.3. The third-order valence-electron chi connectivity index (χ3n) is 3.81. The van der Waals surface area contributed by atoms with Crippen LogP contribution in [0.1, 0.15) is 16.8 Å². The second-order valence-electron chi connectivity index (χ2n) is 5.92. The highest BCUT2D eigenvalue weighted by atomic mass is 32.1. The van der Waals surface area contributed by atoms with Crippen molar-refractivity contribution in [3.63, 3.8) is 0 Å². The molecule has 25 heavy (non-hydrogen) atoms. The van der Waals surface area contributed by atoms with Crippen LogP contribution in [-0.4, -0.2) is 17.4 Å². The fourth-order valence-corrected chi connectivity index (χ4v) is 3.34. The van der Waals surface area contributed by atoms with Crippen molar-refractivity contribution in [2.24, 2.45) is 0 Å². The first-order valence-corrected chi connectivity index (χ1v) is 9.01. The number of carbonyl (C=O) groups excluding carboxylic acids is 1. The summed E-state index contributed by atoms with van der Waals surface area (Å²) in [5.41, 5.74) is 4.04. The molecule has 0 unspecified atom stereocenters. The van der Waals surface area contributed by atoms with Crippen LogP contribution in [0.25, 0.3) is 10.6 Å². The number of aromatic nitrogens is 1. The average molecular weight is 354 g/mol. The van der Waals surface area contributed by atoms with Gasteiger partial charge < -0.3 is 5.32 Å². The number of amides is 1. The van der Waals surface area contributed by atoms with Crippen molar-refractivity contribution in [1.29, 1.82) is 0 Å². The standard InChI is InChI=1S/C20H19FN2OS/c1-14-3-2-4-16(11-14)20-23-18(13-25-20)12-19(24)22-10-9-15-5-7-17(21)8-6-15/h2-8,11,13H,9-10,12H2,1H3,(H,22,24). The van der Waals surface area contributed by atoms with E-state index in [0.29, 0.717) is 13.0 Å². The molecule has 0 saturated heterocycles. The first-order valence-electron chi connectivity index (χ1n) is 8.13. The summed E-state index contributed by atoms with van der Waals surface area (Å²) >= 11 is 1.55. The highest BCUT2D eigenvalue weighted by Gasteiger charge is 2.09. The number of halogens is 1. The van der Waals surface area contributed by atoms with Gasteiger partial charge in [-0.3, -0.25) is 4.79 Å². The van der Waals surface area contributed by atoms with E-state index >= 15 is 0 Å². The van der Waals surface area contributed by atoms with E-state index < -0.39 is 0 Å². The molecular weight excluding hydrogens is 335 g/mol. The summed E-state index contributed by atoms with van der Waals surface area (Å²) in [6.45, 7) is 2.58. The Morgan fingerprint density at radius 2 is 2.00 bits per heavy atom. The molecule has 3 nitrogen and oxygen atoms in total. The van der Waals surface area contributed by atoms with E-state index in [-0.39, 0.29) is 18.1 Å². The molecule has 0 aliphatic rings. The molecule has 0 bridgehead atoms. The number of hydrogen-bond acceptors (Lipinski definition) is 3. The van der Waals surface area contributed by atoms with E-state index in [1.54, 1.807) is 23.5 Å². The highest BCUT2D eigenvalue weighted by Crippen LogP contribution is 2.24. The molecule has 1 N–H and O–H groups in total. The van der Waals surface area contributed by atoms with Gasteiger partial charge in [0.15, 0.2) is 0 Å². The zero-order valence-corrected chi connectivity index (χ0v) is 14.8. The minimum Gasteiger partial charge on any atom is -0.355 e. The van der Waals surface area contributed by atoms with Crippen LogP contribution >= 0.6 is 11.3 Å². The highest BCUT2D eigenvalue weighted by molar-refractivity contribution is 7.13. The molecule has 3 rings (SSSR count). The SMILES string of the molecule is Cc1cccc(-c2nc(CC(=O)NCCc3ccc(F)cc3)cs2)c1. The quantitative estimate of drug-likeness (QED) is 0.722. The van der Waals surface area contributed by atoms with Gasteiger partial charge in [0.2, 0.25) is 5.91 Å². The third-order valence-corrected chi connectivity index (χ3v) is 4.75. The summed E-state index contributed by atoms with van der Waals surface area (Å²) in [6, 6.07) is 14.5. The summed E-state index contributed by atoms with van der Waals surface area (Å²) in [5, 5.41) is 5.74. The molecule has 0 aliphatic carbocycles. The molecule has 0 atom stereocenters. The van der Waals surface area contributed by atoms with E-state index in [4.69, 9.17) is 0 Å². The molecule has 0 spiro atoms. The maximum absolute atomic E-state index is 12.9. The Bertz CT molecular complexity index is 858. The van der Waals surface area contributed by atoms with Crippen LogP contribution in [-0.2, 0) is 17.6 Å². The van der Waals surface area contributed by atoms with Crippen molar-refractivity contribution in [1.82, 2.24) is 10.3 Å². The van der Waals surface area contributed by atoms with Gasteiger partial charge in [0, 0.05) is 17.5 Å². The van der Waals surface area contributed by atoms with Crippen molar-refractivity contribution >= 4 is 17.2 Å².